The van der Waals surface area contributed by atoms with Crippen molar-refractivity contribution >= 4 is 23.2 Å². The maximum atomic E-state index is 12.8. The van der Waals surface area contributed by atoms with Gasteiger partial charge in [0, 0.05) is 22.5 Å². The predicted octanol–water partition coefficient (Wildman–Crippen LogP) is 6.41. The van der Waals surface area contributed by atoms with Crippen LogP contribution in [0.4, 0.5) is 11.4 Å². The first-order valence-corrected chi connectivity index (χ1v) is 10.5. The average molecular weight is 415 g/mol. The van der Waals surface area contributed by atoms with Crippen LogP contribution in [0.3, 0.4) is 0 Å². The molecule has 0 aliphatic carbocycles. The first-order valence-electron chi connectivity index (χ1n) is 10.5. The zero-order chi connectivity index (χ0) is 22.8. The third-order valence-corrected chi connectivity index (χ3v) is 5.48. The molecule has 0 radical (unpaired) electrons. The molecule has 2 amide bonds. The molecule has 0 unspecified atom stereocenters. The Bertz CT molecular complexity index is 1120. The number of nitrogens with one attached hydrogen (secondary N) is 2. The molecule has 2 N–H and O–H groups in total. The number of amides is 2. The van der Waals surface area contributed by atoms with Gasteiger partial charge < -0.3 is 10.6 Å². The van der Waals surface area contributed by atoms with Crippen LogP contribution in [0, 0.1) is 20.8 Å². The Morgan fingerprint density at radius 3 is 1.81 bits per heavy atom. The summed E-state index contributed by atoms with van der Waals surface area (Å²) >= 11 is 0. The third-order valence-electron chi connectivity index (χ3n) is 5.48. The molecule has 0 saturated heterocycles. The van der Waals surface area contributed by atoms with E-state index in [1.165, 1.54) is 5.56 Å². The molecule has 0 bridgehead atoms. The van der Waals surface area contributed by atoms with Gasteiger partial charge in [-0.15, -0.1) is 0 Å². The summed E-state index contributed by atoms with van der Waals surface area (Å²) in [4.78, 5) is 25.4. The highest BCUT2D eigenvalue weighted by atomic mass is 16.2. The first kappa shape index (κ1) is 22.3. The Hall–Kier alpha value is -3.40. The average Bonchev–Trinajstić information content (AvgIpc) is 2.70. The summed E-state index contributed by atoms with van der Waals surface area (Å²) in [6.45, 7) is 12.4. The number of carbonyl (C=O) groups is 2. The lowest BCUT2D eigenvalue weighted by atomic mass is 9.87. The van der Waals surface area contributed by atoms with E-state index in [0.717, 1.165) is 16.7 Å². The topological polar surface area (TPSA) is 58.2 Å². The second kappa shape index (κ2) is 8.76. The minimum absolute atomic E-state index is 0.0376. The highest BCUT2D eigenvalue weighted by Gasteiger charge is 2.15. The van der Waals surface area contributed by atoms with Gasteiger partial charge in [-0.05, 0) is 84.8 Å². The van der Waals surface area contributed by atoms with E-state index in [0.29, 0.717) is 22.5 Å². The van der Waals surface area contributed by atoms with E-state index >= 15 is 0 Å². The van der Waals surface area contributed by atoms with E-state index in [9.17, 15) is 9.59 Å². The SMILES string of the molecule is Cc1cc(C)c(C(=O)Nc2cccc(NC(=O)c3ccc(C(C)(C)C)cc3)c2)cc1C. The summed E-state index contributed by atoms with van der Waals surface area (Å²) in [7, 11) is 0. The van der Waals surface area contributed by atoms with Crippen molar-refractivity contribution in [3.05, 3.63) is 94.0 Å². The quantitative estimate of drug-likeness (QED) is 0.518. The molecule has 0 spiro atoms. The summed E-state index contributed by atoms with van der Waals surface area (Å²) in [5, 5.41) is 5.84. The number of hydrogen-bond acceptors (Lipinski definition) is 2. The van der Waals surface area contributed by atoms with E-state index < -0.39 is 0 Å². The molecular weight excluding hydrogens is 384 g/mol. The molecule has 3 aromatic carbocycles. The normalized spacial score (nSPS) is 11.2. The van der Waals surface area contributed by atoms with E-state index in [2.05, 4.69) is 31.4 Å². The van der Waals surface area contributed by atoms with Crippen molar-refractivity contribution in [3.63, 3.8) is 0 Å². The van der Waals surface area contributed by atoms with Gasteiger partial charge in [-0.3, -0.25) is 9.59 Å². The van der Waals surface area contributed by atoms with Crippen molar-refractivity contribution in [1.29, 1.82) is 0 Å². The van der Waals surface area contributed by atoms with Gasteiger partial charge >= 0.3 is 0 Å². The summed E-state index contributed by atoms with van der Waals surface area (Å²) in [5.41, 5.74) is 6.88. The number of benzene rings is 3. The number of anilines is 2. The maximum absolute atomic E-state index is 12.8. The Balaban J connectivity index is 1.72. The fourth-order valence-corrected chi connectivity index (χ4v) is 3.40. The summed E-state index contributed by atoms with van der Waals surface area (Å²) < 4.78 is 0. The van der Waals surface area contributed by atoms with E-state index in [-0.39, 0.29) is 17.2 Å². The Labute approximate surface area is 184 Å². The van der Waals surface area contributed by atoms with Crippen molar-refractivity contribution in [2.75, 3.05) is 10.6 Å². The molecule has 31 heavy (non-hydrogen) atoms. The summed E-state index contributed by atoms with van der Waals surface area (Å²) in [6, 6.07) is 18.7. The first-order chi connectivity index (χ1) is 14.5. The number of carbonyl (C=O) groups excluding carboxylic acids is 2. The highest BCUT2D eigenvalue weighted by molar-refractivity contribution is 6.07. The van der Waals surface area contributed by atoms with Crippen molar-refractivity contribution in [3.8, 4) is 0 Å². The summed E-state index contributed by atoms with van der Waals surface area (Å²) in [5.74, 6) is -0.351. The molecule has 160 valence electrons. The van der Waals surface area contributed by atoms with Crippen LogP contribution in [0.25, 0.3) is 0 Å². The lowest BCUT2D eigenvalue weighted by molar-refractivity contribution is 0.101. The van der Waals surface area contributed by atoms with Crippen LogP contribution in [-0.4, -0.2) is 11.8 Å². The van der Waals surface area contributed by atoms with Gasteiger partial charge in [0.25, 0.3) is 11.8 Å². The molecule has 0 heterocycles. The highest BCUT2D eigenvalue weighted by Crippen LogP contribution is 2.23. The molecule has 0 fully saturated rings. The number of aryl methyl sites for hydroxylation is 3. The third kappa shape index (κ3) is 5.40. The Morgan fingerprint density at radius 2 is 1.23 bits per heavy atom. The Morgan fingerprint density at radius 1 is 0.677 bits per heavy atom. The minimum Gasteiger partial charge on any atom is -0.322 e. The van der Waals surface area contributed by atoms with Crippen molar-refractivity contribution in [1.82, 2.24) is 0 Å². The van der Waals surface area contributed by atoms with Crippen LogP contribution < -0.4 is 10.6 Å². The lowest BCUT2D eigenvalue weighted by Crippen LogP contribution is -2.15. The molecule has 3 aromatic rings. The Kier molecular flexibility index (Phi) is 6.30. The van der Waals surface area contributed by atoms with Crippen molar-refractivity contribution < 1.29 is 9.59 Å². The van der Waals surface area contributed by atoms with Crippen molar-refractivity contribution in [2.45, 2.75) is 47.0 Å². The molecular formula is C27H30N2O2. The van der Waals surface area contributed by atoms with Gasteiger partial charge in [-0.2, -0.15) is 0 Å². The van der Waals surface area contributed by atoms with Crippen LogP contribution >= 0.6 is 0 Å². The molecule has 3 rings (SSSR count). The largest absolute Gasteiger partial charge is 0.322 e. The van der Waals surface area contributed by atoms with Gasteiger partial charge in [0.05, 0.1) is 0 Å². The summed E-state index contributed by atoms with van der Waals surface area (Å²) in [6.07, 6.45) is 0. The zero-order valence-electron chi connectivity index (χ0n) is 19.1. The van der Waals surface area contributed by atoms with Gasteiger partial charge in [-0.1, -0.05) is 45.0 Å². The minimum atomic E-state index is -0.186. The zero-order valence-corrected chi connectivity index (χ0v) is 19.1. The lowest BCUT2D eigenvalue weighted by Gasteiger charge is -2.19. The van der Waals surface area contributed by atoms with Crippen LogP contribution in [0.2, 0.25) is 0 Å². The van der Waals surface area contributed by atoms with E-state index in [1.54, 1.807) is 18.2 Å². The van der Waals surface area contributed by atoms with E-state index in [4.69, 9.17) is 0 Å². The fraction of sp³-hybridized carbons (Fsp3) is 0.259. The van der Waals surface area contributed by atoms with Gasteiger partial charge in [-0.25, -0.2) is 0 Å². The monoisotopic (exact) mass is 414 g/mol. The molecule has 0 aromatic heterocycles. The van der Waals surface area contributed by atoms with Crippen LogP contribution in [-0.2, 0) is 5.41 Å². The van der Waals surface area contributed by atoms with Crippen molar-refractivity contribution in [2.24, 2.45) is 0 Å². The molecule has 0 aliphatic rings. The van der Waals surface area contributed by atoms with E-state index in [1.807, 2.05) is 63.2 Å². The molecule has 0 saturated carbocycles. The maximum Gasteiger partial charge on any atom is 0.255 e. The molecule has 4 heteroatoms. The standard InChI is InChI=1S/C27H30N2O2/c1-17-14-19(3)24(15-18(17)2)26(31)29-23-9-7-8-22(16-23)28-25(30)20-10-12-21(13-11-20)27(4,5)6/h7-16H,1-6H3,(H,28,30)(H,29,31). The second-order valence-electron chi connectivity index (χ2n) is 9.07. The second-order valence-corrected chi connectivity index (χ2v) is 9.07. The molecule has 4 nitrogen and oxygen atoms in total. The van der Waals surface area contributed by atoms with Gasteiger partial charge in [0.1, 0.15) is 0 Å². The van der Waals surface area contributed by atoms with Crippen LogP contribution in [0.1, 0.15) is 63.7 Å². The van der Waals surface area contributed by atoms with Crippen LogP contribution in [0.5, 0.6) is 0 Å². The fourth-order valence-electron chi connectivity index (χ4n) is 3.40. The van der Waals surface area contributed by atoms with Gasteiger partial charge in [0.2, 0.25) is 0 Å². The molecule has 0 aliphatic heterocycles. The smallest absolute Gasteiger partial charge is 0.255 e. The number of hydrogen-bond donors (Lipinski definition) is 2. The van der Waals surface area contributed by atoms with Crippen LogP contribution in [0.15, 0.2) is 60.7 Å². The molecule has 0 atom stereocenters. The van der Waals surface area contributed by atoms with Gasteiger partial charge in [0.15, 0.2) is 0 Å². The number of rotatable bonds is 4. The predicted molar refractivity (Wildman–Crippen MR) is 128 cm³/mol.